The molecule has 0 unspecified atom stereocenters. The second-order valence-electron chi connectivity index (χ2n) is 8.16. The maximum Gasteiger partial charge on any atom is 0.113 e. The number of fused-ring (bicyclic) bond motifs is 1. The zero-order chi connectivity index (χ0) is 22.9. The van der Waals surface area contributed by atoms with Crippen LogP contribution in [0.3, 0.4) is 0 Å². The van der Waals surface area contributed by atoms with Gasteiger partial charge in [-0.1, -0.05) is 102 Å². The molecule has 1 aromatic heterocycles. The molecular weight excluding hydrogens is 438 g/mol. The van der Waals surface area contributed by atoms with E-state index in [1.54, 1.807) is 4.68 Å². The molecule has 6 aromatic rings. The molecule has 0 saturated heterocycles. The lowest BCUT2D eigenvalue weighted by Crippen LogP contribution is -1.98. The molecule has 0 amide bonds. The van der Waals surface area contributed by atoms with Gasteiger partial charge in [0.1, 0.15) is 5.52 Å². The van der Waals surface area contributed by atoms with Gasteiger partial charge in [0.15, 0.2) is 0 Å². The summed E-state index contributed by atoms with van der Waals surface area (Å²) < 4.78 is 1.81. The molecule has 1 heterocycles. The van der Waals surface area contributed by atoms with Crippen LogP contribution in [0.2, 0.25) is 5.02 Å². The Labute approximate surface area is 202 Å². The van der Waals surface area contributed by atoms with Crippen molar-refractivity contribution >= 4 is 22.6 Å². The lowest BCUT2D eigenvalue weighted by Gasteiger charge is -2.14. The van der Waals surface area contributed by atoms with Crippen molar-refractivity contribution in [2.75, 3.05) is 0 Å². The van der Waals surface area contributed by atoms with Gasteiger partial charge in [-0.3, -0.25) is 0 Å². The van der Waals surface area contributed by atoms with Crippen molar-refractivity contribution in [3.63, 3.8) is 0 Å². The Morgan fingerprint density at radius 1 is 0.529 bits per heavy atom. The van der Waals surface area contributed by atoms with Crippen LogP contribution in [-0.2, 0) is 0 Å². The summed E-state index contributed by atoms with van der Waals surface area (Å²) in [4.78, 5) is 0. The number of nitrogens with zero attached hydrogens (tertiary/aromatic N) is 3. The molecule has 0 spiro atoms. The zero-order valence-electron chi connectivity index (χ0n) is 18.3. The first-order chi connectivity index (χ1) is 16.8. The fourth-order valence-corrected chi connectivity index (χ4v) is 4.65. The van der Waals surface area contributed by atoms with E-state index in [1.165, 1.54) is 0 Å². The summed E-state index contributed by atoms with van der Waals surface area (Å²) in [7, 11) is 0. The van der Waals surface area contributed by atoms with Crippen LogP contribution in [0.5, 0.6) is 0 Å². The van der Waals surface area contributed by atoms with E-state index in [0.717, 1.165) is 50.1 Å². The van der Waals surface area contributed by atoms with E-state index in [2.05, 4.69) is 83.1 Å². The topological polar surface area (TPSA) is 30.7 Å². The molecule has 3 nitrogen and oxygen atoms in total. The van der Waals surface area contributed by atoms with Gasteiger partial charge in [-0.05, 0) is 64.2 Å². The summed E-state index contributed by atoms with van der Waals surface area (Å²) in [5, 5.41) is 9.32. The van der Waals surface area contributed by atoms with E-state index >= 15 is 0 Å². The Morgan fingerprint density at radius 3 is 1.79 bits per heavy atom. The van der Waals surface area contributed by atoms with E-state index in [-0.39, 0.29) is 0 Å². The van der Waals surface area contributed by atoms with Gasteiger partial charge in [0.05, 0.1) is 16.2 Å². The molecule has 4 heteroatoms. The Bertz CT molecular complexity index is 1550. The Balaban J connectivity index is 1.55. The van der Waals surface area contributed by atoms with Crippen LogP contribution in [0.1, 0.15) is 0 Å². The minimum atomic E-state index is 0.641. The Hall–Kier alpha value is -4.21. The molecule has 0 aliphatic carbocycles. The number of benzene rings is 5. The van der Waals surface area contributed by atoms with Gasteiger partial charge in [0, 0.05) is 5.56 Å². The highest BCUT2D eigenvalue weighted by Gasteiger charge is 2.15. The number of rotatable bonds is 4. The quantitative estimate of drug-likeness (QED) is 0.268. The fourth-order valence-electron chi connectivity index (χ4n) is 4.33. The molecule has 6 rings (SSSR count). The average molecular weight is 458 g/mol. The lowest BCUT2D eigenvalue weighted by atomic mass is 9.93. The van der Waals surface area contributed by atoms with Gasteiger partial charge in [0.25, 0.3) is 0 Å². The van der Waals surface area contributed by atoms with E-state index in [0.29, 0.717) is 5.02 Å². The third-order valence-corrected chi connectivity index (χ3v) is 6.41. The molecular formula is C30H20ClN3. The van der Waals surface area contributed by atoms with Crippen LogP contribution in [-0.4, -0.2) is 15.0 Å². The highest BCUT2D eigenvalue weighted by molar-refractivity contribution is 6.35. The monoisotopic (exact) mass is 457 g/mol. The van der Waals surface area contributed by atoms with Crippen LogP contribution in [0.4, 0.5) is 0 Å². The molecule has 0 saturated carbocycles. The molecule has 0 N–H and O–H groups in total. The third kappa shape index (κ3) is 3.66. The Morgan fingerprint density at radius 2 is 1.12 bits per heavy atom. The third-order valence-electron chi connectivity index (χ3n) is 6.02. The van der Waals surface area contributed by atoms with Gasteiger partial charge in [-0.2, -0.15) is 0 Å². The van der Waals surface area contributed by atoms with Crippen molar-refractivity contribution in [1.82, 2.24) is 15.0 Å². The van der Waals surface area contributed by atoms with Crippen LogP contribution in [0, 0.1) is 0 Å². The summed E-state index contributed by atoms with van der Waals surface area (Å²) in [6.45, 7) is 0. The van der Waals surface area contributed by atoms with E-state index in [1.807, 2.05) is 48.5 Å². The molecule has 0 fully saturated rings. The maximum absolute atomic E-state index is 7.04. The average Bonchev–Trinajstić information content (AvgIpc) is 3.34. The molecule has 0 aliphatic heterocycles. The van der Waals surface area contributed by atoms with Crippen LogP contribution in [0.15, 0.2) is 121 Å². The largest absolute Gasteiger partial charge is 0.211 e. The summed E-state index contributed by atoms with van der Waals surface area (Å²) in [6.07, 6.45) is 0. The summed E-state index contributed by atoms with van der Waals surface area (Å²) in [5.41, 5.74) is 9.18. The van der Waals surface area contributed by atoms with Crippen molar-refractivity contribution in [3.05, 3.63) is 126 Å². The number of para-hydroxylation sites is 1. The molecule has 0 aliphatic rings. The molecule has 0 radical (unpaired) electrons. The van der Waals surface area contributed by atoms with Crippen LogP contribution in [0.25, 0.3) is 50.1 Å². The highest BCUT2D eigenvalue weighted by Crippen LogP contribution is 2.38. The van der Waals surface area contributed by atoms with Crippen molar-refractivity contribution in [2.45, 2.75) is 0 Å². The van der Waals surface area contributed by atoms with Gasteiger partial charge in [-0.25, -0.2) is 4.68 Å². The SMILES string of the molecule is Clc1c(-c2cc(-c3ccccc3)cc(-c3ccccc3)c2)cccc1-n1nnc2ccccc21. The highest BCUT2D eigenvalue weighted by atomic mass is 35.5. The van der Waals surface area contributed by atoms with Gasteiger partial charge in [-0.15, -0.1) is 5.10 Å². The van der Waals surface area contributed by atoms with Crippen LogP contribution >= 0.6 is 11.6 Å². The zero-order valence-corrected chi connectivity index (χ0v) is 19.0. The molecule has 5 aromatic carbocycles. The van der Waals surface area contributed by atoms with Crippen LogP contribution < -0.4 is 0 Å². The van der Waals surface area contributed by atoms with Crippen molar-refractivity contribution in [1.29, 1.82) is 0 Å². The second-order valence-corrected chi connectivity index (χ2v) is 8.54. The predicted molar refractivity (Wildman–Crippen MR) is 140 cm³/mol. The summed E-state index contributed by atoms with van der Waals surface area (Å²) in [5.74, 6) is 0. The van der Waals surface area contributed by atoms with E-state index in [4.69, 9.17) is 11.6 Å². The number of hydrogen-bond acceptors (Lipinski definition) is 2. The fraction of sp³-hybridized carbons (Fsp3) is 0. The van der Waals surface area contributed by atoms with Crippen molar-refractivity contribution in [3.8, 4) is 39.1 Å². The van der Waals surface area contributed by atoms with E-state index in [9.17, 15) is 0 Å². The molecule has 0 atom stereocenters. The standard InChI is InChI=1S/C30H20ClN3/c31-30-26(14-9-17-29(30)34-28-16-8-7-15-27(28)32-33-34)25-19-23(21-10-3-1-4-11-21)18-24(20-25)22-12-5-2-6-13-22/h1-20H. The molecule has 162 valence electrons. The first-order valence-corrected chi connectivity index (χ1v) is 11.5. The van der Waals surface area contributed by atoms with Gasteiger partial charge >= 0.3 is 0 Å². The number of hydrogen-bond donors (Lipinski definition) is 0. The summed E-state index contributed by atoms with van der Waals surface area (Å²) in [6, 6.07) is 41.4. The van der Waals surface area contributed by atoms with E-state index < -0.39 is 0 Å². The summed E-state index contributed by atoms with van der Waals surface area (Å²) >= 11 is 7.04. The normalized spacial score (nSPS) is 11.1. The first-order valence-electron chi connectivity index (χ1n) is 11.1. The Kier molecular flexibility index (Phi) is 5.17. The van der Waals surface area contributed by atoms with Crippen molar-refractivity contribution in [2.24, 2.45) is 0 Å². The second kappa shape index (κ2) is 8.62. The molecule has 34 heavy (non-hydrogen) atoms. The minimum absolute atomic E-state index is 0.641. The maximum atomic E-state index is 7.04. The lowest BCUT2D eigenvalue weighted by molar-refractivity contribution is 0.824. The predicted octanol–water partition coefficient (Wildman–Crippen LogP) is 8.07. The van der Waals surface area contributed by atoms with Crippen molar-refractivity contribution < 1.29 is 0 Å². The smallest absolute Gasteiger partial charge is 0.113 e. The van der Waals surface area contributed by atoms with Gasteiger partial charge < -0.3 is 0 Å². The van der Waals surface area contributed by atoms with Gasteiger partial charge in [0.2, 0.25) is 0 Å². The molecule has 0 bridgehead atoms. The number of halogens is 1. The number of aromatic nitrogens is 3. The first kappa shape index (κ1) is 20.4. The minimum Gasteiger partial charge on any atom is -0.211 e.